The van der Waals surface area contributed by atoms with E-state index in [4.69, 9.17) is 21.4 Å². The molecule has 1 saturated heterocycles. The second-order valence-electron chi connectivity index (χ2n) is 10.6. The Bertz CT molecular complexity index is 1630. The molecule has 11 heteroatoms. The van der Waals surface area contributed by atoms with Crippen LogP contribution in [0.3, 0.4) is 0 Å². The highest BCUT2D eigenvalue weighted by Crippen LogP contribution is 2.34. The van der Waals surface area contributed by atoms with Crippen LogP contribution in [-0.4, -0.2) is 42.4 Å². The molecule has 1 fully saturated rings. The van der Waals surface area contributed by atoms with Gasteiger partial charge in [-0.2, -0.15) is 5.10 Å². The summed E-state index contributed by atoms with van der Waals surface area (Å²) < 4.78 is 34.3. The molecule has 40 heavy (non-hydrogen) atoms. The molecule has 1 aliphatic rings. The lowest BCUT2D eigenvalue weighted by Crippen LogP contribution is -2.35. The molecule has 0 spiro atoms. The first-order valence-corrected chi connectivity index (χ1v) is 16.0. The van der Waals surface area contributed by atoms with E-state index < -0.39 is 15.4 Å². The van der Waals surface area contributed by atoms with Crippen molar-refractivity contribution in [3.8, 4) is 0 Å². The zero-order valence-electron chi connectivity index (χ0n) is 22.4. The fourth-order valence-corrected chi connectivity index (χ4v) is 7.89. The molecule has 0 unspecified atom stereocenters. The normalized spacial score (nSPS) is 16.4. The fraction of sp³-hybridized carbons (Fsp3) is 0.379. The van der Waals surface area contributed by atoms with Gasteiger partial charge in [-0.25, -0.2) is 8.42 Å². The van der Waals surface area contributed by atoms with Gasteiger partial charge >= 0.3 is 0 Å². The Morgan fingerprint density at radius 1 is 1.20 bits per heavy atom. The first-order chi connectivity index (χ1) is 19.0. The van der Waals surface area contributed by atoms with Crippen LogP contribution in [0.1, 0.15) is 49.1 Å². The summed E-state index contributed by atoms with van der Waals surface area (Å²) in [6.07, 6.45) is 1.73. The van der Waals surface area contributed by atoms with E-state index in [1.807, 2.05) is 36.4 Å². The summed E-state index contributed by atoms with van der Waals surface area (Å²) in [4.78, 5) is 12.5. The summed E-state index contributed by atoms with van der Waals surface area (Å²) in [5.41, 5.74) is 2.40. The number of ether oxygens (including phenoxy) is 1. The molecule has 1 amide bonds. The standard InChI is InChI=1S/C29H32ClN3O5S2/c1-29(2,35)22-9-4-10-24-27(22)23(18-40(36,37)26-12-11-25(30)39-26)32-33(24)16-20-7-3-6-19(14-20)15-31-28(34)21-8-5-13-38-17-21/h3-4,6-7,9-12,14,21,35H,5,8,13,15-18H2,1-2H3,(H,31,34)/t21-/m0/s1. The number of hydrogen-bond donors (Lipinski definition) is 2. The van der Waals surface area contributed by atoms with Gasteiger partial charge in [0.25, 0.3) is 0 Å². The van der Waals surface area contributed by atoms with Gasteiger partial charge in [-0.1, -0.05) is 48.0 Å². The highest BCUT2D eigenvalue weighted by molar-refractivity contribution is 7.92. The van der Waals surface area contributed by atoms with Crippen LogP contribution in [0.4, 0.5) is 0 Å². The average Bonchev–Trinajstić information content (AvgIpc) is 3.51. The average molecular weight is 602 g/mol. The van der Waals surface area contributed by atoms with E-state index in [0.29, 0.717) is 47.3 Å². The van der Waals surface area contributed by atoms with Crippen LogP contribution in [0.5, 0.6) is 0 Å². The number of hydrogen-bond acceptors (Lipinski definition) is 7. The van der Waals surface area contributed by atoms with E-state index in [1.54, 1.807) is 30.7 Å². The minimum Gasteiger partial charge on any atom is -0.386 e. The molecular formula is C29H32ClN3O5S2. The van der Waals surface area contributed by atoms with Gasteiger partial charge in [0.1, 0.15) is 9.96 Å². The van der Waals surface area contributed by atoms with E-state index in [9.17, 15) is 18.3 Å². The van der Waals surface area contributed by atoms with E-state index in [1.165, 1.54) is 6.07 Å². The maximum absolute atomic E-state index is 13.3. The SMILES string of the molecule is CC(C)(O)c1cccc2c1c(CS(=O)(=O)c1ccc(Cl)s1)nn2Cc1cccc(CNC(=O)[C@H]2CCCOC2)c1. The summed E-state index contributed by atoms with van der Waals surface area (Å²) in [6.45, 7) is 5.30. The first-order valence-electron chi connectivity index (χ1n) is 13.1. The quantitative estimate of drug-likeness (QED) is 0.278. The highest BCUT2D eigenvalue weighted by atomic mass is 35.5. The maximum Gasteiger partial charge on any atom is 0.225 e. The Morgan fingerprint density at radius 3 is 2.67 bits per heavy atom. The van der Waals surface area contributed by atoms with Crippen molar-refractivity contribution >= 4 is 49.6 Å². The molecule has 1 atom stereocenters. The third kappa shape index (κ3) is 6.42. The van der Waals surface area contributed by atoms with E-state index >= 15 is 0 Å². The summed E-state index contributed by atoms with van der Waals surface area (Å²) in [7, 11) is -3.71. The summed E-state index contributed by atoms with van der Waals surface area (Å²) in [5, 5.41) is 19.3. The topological polar surface area (TPSA) is 111 Å². The molecule has 2 aromatic carbocycles. The Morgan fingerprint density at radius 2 is 1.98 bits per heavy atom. The smallest absolute Gasteiger partial charge is 0.225 e. The molecule has 2 aromatic heterocycles. The minimum atomic E-state index is -3.71. The molecule has 0 aliphatic carbocycles. The number of fused-ring (bicyclic) bond motifs is 1. The molecule has 0 bridgehead atoms. The van der Waals surface area contributed by atoms with Gasteiger partial charge in [-0.15, -0.1) is 11.3 Å². The van der Waals surface area contributed by atoms with E-state index in [-0.39, 0.29) is 21.8 Å². The van der Waals surface area contributed by atoms with E-state index in [2.05, 4.69) is 5.32 Å². The Hall–Kier alpha value is -2.76. The monoisotopic (exact) mass is 601 g/mol. The molecule has 4 aromatic rings. The molecule has 2 N–H and O–H groups in total. The summed E-state index contributed by atoms with van der Waals surface area (Å²) >= 11 is 7.02. The molecule has 0 radical (unpaired) electrons. The number of sulfone groups is 1. The predicted molar refractivity (Wildman–Crippen MR) is 156 cm³/mol. The fourth-order valence-electron chi connectivity index (χ4n) is 5.05. The summed E-state index contributed by atoms with van der Waals surface area (Å²) in [6, 6.07) is 16.5. The van der Waals surface area contributed by atoms with Crippen molar-refractivity contribution in [3.63, 3.8) is 0 Å². The van der Waals surface area contributed by atoms with Gasteiger partial charge < -0.3 is 15.2 Å². The third-order valence-corrected chi connectivity index (χ3v) is 10.5. The van der Waals surface area contributed by atoms with Crippen molar-refractivity contribution in [2.45, 2.75) is 55.3 Å². The van der Waals surface area contributed by atoms with Gasteiger partial charge in [0.15, 0.2) is 9.84 Å². The lowest BCUT2D eigenvalue weighted by Gasteiger charge is -2.21. The van der Waals surface area contributed by atoms with Crippen LogP contribution in [-0.2, 0) is 43.8 Å². The van der Waals surface area contributed by atoms with Crippen LogP contribution >= 0.6 is 22.9 Å². The van der Waals surface area contributed by atoms with Crippen LogP contribution in [0.25, 0.3) is 10.9 Å². The zero-order valence-corrected chi connectivity index (χ0v) is 24.8. The number of rotatable bonds is 9. The van der Waals surface area contributed by atoms with Crippen molar-refractivity contribution in [1.29, 1.82) is 0 Å². The van der Waals surface area contributed by atoms with Crippen LogP contribution in [0, 0.1) is 5.92 Å². The van der Waals surface area contributed by atoms with Crippen molar-refractivity contribution in [3.05, 3.63) is 81.3 Å². The molecular weight excluding hydrogens is 570 g/mol. The molecule has 212 valence electrons. The van der Waals surface area contributed by atoms with Gasteiger partial charge in [0.05, 0.1) is 40.2 Å². The number of aromatic nitrogens is 2. The second-order valence-corrected chi connectivity index (χ2v) is 14.6. The Balaban J connectivity index is 1.44. The molecule has 8 nitrogen and oxygen atoms in total. The highest BCUT2D eigenvalue weighted by Gasteiger charge is 2.28. The van der Waals surface area contributed by atoms with Crippen molar-refractivity contribution in [1.82, 2.24) is 15.1 Å². The minimum absolute atomic E-state index is 0.000185. The number of nitrogens with zero attached hydrogens (tertiary/aromatic N) is 2. The number of halogens is 1. The number of thiophene rings is 1. The number of nitrogens with one attached hydrogen (secondary N) is 1. The molecule has 3 heterocycles. The zero-order chi connectivity index (χ0) is 28.5. The lowest BCUT2D eigenvalue weighted by molar-refractivity contribution is -0.129. The number of aliphatic hydroxyl groups is 1. The van der Waals surface area contributed by atoms with Crippen molar-refractivity contribution in [2.75, 3.05) is 13.2 Å². The molecule has 1 aliphatic heterocycles. The second kappa shape index (κ2) is 11.6. The van der Waals surface area contributed by atoms with Crippen molar-refractivity contribution < 1.29 is 23.1 Å². The molecule has 0 saturated carbocycles. The predicted octanol–water partition coefficient (Wildman–Crippen LogP) is 5.04. The largest absolute Gasteiger partial charge is 0.386 e. The number of amides is 1. The van der Waals surface area contributed by atoms with Crippen LogP contribution < -0.4 is 5.32 Å². The lowest BCUT2D eigenvalue weighted by atomic mass is 9.94. The van der Waals surface area contributed by atoms with Crippen molar-refractivity contribution in [2.24, 2.45) is 5.92 Å². The first kappa shape index (κ1) is 28.8. The van der Waals surface area contributed by atoms with Gasteiger partial charge in [0.2, 0.25) is 5.91 Å². The van der Waals surface area contributed by atoms with Gasteiger partial charge in [-0.05, 0) is 61.6 Å². The van der Waals surface area contributed by atoms with E-state index in [0.717, 1.165) is 40.8 Å². The van der Waals surface area contributed by atoms with Gasteiger partial charge in [-0.3, -0.25) is 9.48 Å². The number of benzene rings is 2. The Kier molecular flexibility index (Phi) is 8.35. The number of carbonyl (C=O) groups excluding carboxylic acids is 1. The summed E-state index contributed by atoms with van der Waals surface area (Å²) in [5.74, 6) is -0.436. The Labute approximate surface area is 242 Å². The third-order valence-electron chi connectivity index (χ3n) is 7.01. The van der Waals surface area contributed by atoms with Crippen LogP contribution in [0.2, 0.25) is 4.34 Å². The molecule has 5 rings (SSSR count). The number of carbonyl (C=O) groups is 1. The van der Waals surface area contributed by atoms with Gasteiger partial charge in [0, 0.05) is 18.5 Å². The van der Waals surface area contributed by atoms with Crippen LogP contribution in [0.15, 0.2) is 58.8 Å². The maximum atomic E-state index is 13.3.